The third-order valence-electron chi connectivity index (χ3n) is 4.46. The van der Waals surface area contributed by atoms with Gasteiger partial charge in [-0.05, 0) is 26.0 Å². The number of aromatic nitrogens is 2. The van der Waals surface area contributed by atoms with Crippen molar-refractivity contribution in [2.24, 2.45) is 0 Å². The van der Waals surface area contributed by atoms with Gasteiger partial charge >= 0.3 is 0 Å². The first-order valence-corrected chi connectivity index (χ1v) is 8.30. The molecule has 1 fully saturated rings. The van der Waals surface area contributed by atoms with Gasteiger partial charge in [0.15, 0.2) is 0 Å². The van der Waals surface area contributed by atoms with Crippen molar-refractivity contribution in [3.05, 3.63) is 47.8 Å². The monoisotopic (exact) mass is 350 g/mol. The number of hydrogen-bond acceptors (Lipinski definition) is 4. The van der Waals surface area contributed by atoms with Crippen molar-refractivity contribution in [1.82, 2.24) is 20.0 Å². The highest BCUT2D eigenvalue weighted by atomic mass is 35.5. The minimum atomic E-state index is 0. The molecule has 0 bridgehead atoms. The van der Waals surface area contributed by atoms with Gasteiger partial charge in [0.2, 0.25) is 0 Å². The Kier molecular flexibility index (Phi) is 6.66. The first-order valence-electron chi connectivity index (χ1n) is 8.30. The average Bonchev–Trinajstić information content (AvgIpc) is 3.04. The molecule has 1 aromatic carbocycles. The summed E-state index contributed by atoms with van der Waals surface area (Å²) in [6, 6.07) is 11.1. The standard InChI is InChI=1S/C18H26N4O.ClH/c1-14(2)22-15(8-9-20-22)13-21-11-10-19-12-17(21)16-6-4-5-7-18(16)23-3;/h4-9,14,17,19H,10-13H2,1-3H3;1H. The Morgan fingerprint density at radius 3 is 2.83 bits per heavy atom. The molecule has 2 aromatic rings. The molecule has 1 aliphatic heterocycles. The van der Waals surface area contributed by atoms with Crippen LogP contribution in [0.3, 0.4) is 0 Å². The van der Waals surface area contributed by atoms with Crippen molar-refractivity contribution >= 4 is 12.4 Å². The van der Waals surface area contributed by atoms with E-state index in [0.717, 1.165) is 31.9 Å². The van der Waals surface area contributed by atoms with Crippen LogP contribution in [0.15, 0.2) is 36.5 Å². The van der Waals surface area contributed by atoms with Crippen LogP contribution in [0.25, 0.3) is 0 Å². The topological polar surface area (TPSA) is 42.3 Å². The number of para-hydroxylation sites is 1. The quantitative estimate of drug-likeness (QED) is 0.900. The number of nitrogens with one attached hydrogen (secondary N) is 1. The van der Waals surface area contributed by atoms with E-state index in [0.29, 0.717) is 12.1 Å². The fraction of sp³-hybridized carbons (Fsp3) is 0.500. The van der Waals surface area contributed by atoms with Crippen molar-refractivity contribution < 1.29 is 4.74 Å². The molecular formula is C18H27ClN4O. The Bertz CT molecular complexity index is 643. The van der Waals surface area contributed by atoms with Gasteiger partial charge in [-0.25, -0.2) is 0 Å². The van der Waals surface area contributed by atoms with E-state index in [2.05, 4.69) is 52.0 Å². The molecule has 0 radical (unpaired) electrons. The lowest BCUT2D eigenvalue weighted by molar-refractivity contribution is 0.146. The molecule has 1 saturated heterocycles. The zero-order valence-electron chi connectivity index (χ0n) is 14.6. The minimum Gasteiger partial charge on any atom is -0.496 e. The number of piperazine rings is 1. The van der Waals surface area contributed by atoms with Crippen LogP contribution in [-0.4, -0.2) is 41.4 Å². The van der Waals surface area contributed by atoms with Crippen LogP contribution in [0.2, 0.25) is 0 Å². The van der Waals surface area contributed by atoms with Crippen molar-refractivity contribution in [2.45, 2.75) is 32.5 Å². The second-order valence-electron chi connectivity index (χ2n) is 6.29. The van der Waals surface area contributed by atoms with E-state index in [1.807, 2.05) is 18.3 Å². The molecule has 1 unspecified atom stereocenters. The van der Waals surface area contributed by atoms with Gasteiger partial charge in [0.05, 0.1) is 18.8 Å². The van der Waals surface area contributed by atoms with Crippen LogP contribution in [0.5, 0.6) is 5.75 Å². The number of methoxy groups -OCH3 is 1. The molecule has 1 aromatic heterocycles. The molecule has 0 saturated carbocycles. The Balaban J connectivity index is 0.00000208. The zero-order valence-corrected chi connectivity index (χ0v) is 15.4. The van der Waals surface area contributed by atoms with Gasteiger partial charge in [-0.2, -0.15) is 5.10 Å². The normalized spacial score (nSPS) is 18.4. The van der Waals surface area contributed by atoms with Crippen LogP contribution in [0, 0.1) is 0 Å². The summed E-state index contributed by atoms with van der Waals surface area (Å²) in [5, 5.41) is 7.97. The molecule has 0 spiro atoms. The van der Waals surface area contributed by atoms with Crippen molar-refractivity contribution in [3.63, 3.8) is 0 Å². The first kappa shape index (κ1) is 18.8. The van der Waals surface area contributed by atoms with Gasteiger partial charge < -0.3 is 10.1 Å². The lowest BCUT2D eigenvalue weighted by Crippen LogP contribution is -2.45. The fourth-order valence-electron chi connectivity index (χ4n) is 3.32. The van der Waals surface area contributed by atoms with Gasteiger partial charge in [0, 0.05) is 44.0 Å². The molecule has 3 rings (SSSR count). The summed E-state index contributed by atoms with van der Waals surface area (Å²) < 4.78 is 7.68. The van der Waals surface area contributed by atoms with Crippen molar-refractivity contribution in [1.29, 1.82) is 0 Å². The summed E-state index contributed by atoms with van der Waals surface area (Å²) in [6.45, 7) is 8.23. The van der Waals surface area contributed by atoms with Crippen LogP contribution >= 0.6 is 12.4 Å². The van der Waals surface area contributed by atoms with Gasteiger partial charge in [-0.3, -0.25) is 9.58 Å². The van der Waals surface area contributed by atoms with Crippen LogP contribution in [0.1, 0.15) is 37.2 Å². The van der Waals surface area contributed by atoms with Gasteiger partial charge in [0.1, 0.15) is 5.75 Å². The second-order valence-corrected chi connectivity index (χ2v) is 6.29. The Hall–Kier alpha value is -1.56. The van der Waals surface area contributed by atoms with E-state index in [1.165, 1.54) is 11.3 Å². The number of rotatable bonds is 5. The molecule has 1 aliphatic rings. The SMILES string of the molecule is COc1ccccc1C1CNCCN1Cc1ccnn1C(C)C.Cl. The summed E-state index contributed by atoms with van der Waals surface area (Å²) in [6.07, 6.45) is 1.90. The number of ether oxygens (including phenoxy) is 1. The predicted octanol–water partition coefficient (Wildman–Crippen LogP) is 3.04. The van der Waals surface area contributed by atoms with Crippen LogP contribution < -0.4 is 10.1 Å². The fourth-order valence-corrected chi connectivity index (χ4v) is 3.32. The molecule has 1 N–H and O–H groups in total. The van der Waals surface area contributed by atoms with E-state index in [-0.39, 0.29) is 12.4 Å². The summed E-state index contributed by atoms with van der Waals surface area (Å²) in [7, 11) is 1.74. The molecule has 2 heterocycles. The van der Waals surface area contributed by atoms with E-state index >= 15 is 0 Å². The number of nitrogens with zero attached hydrogens (tertiary/aromatic N) is 3. The Labute approximate surface area is 150 Å². The number of hydrogen-bond donors (Lipinski definition) is 1. The molecular weight excluding hydrogens is 324 g/mol. The Morgan fingerprint density at radius 1 is 1.29 bits per heavy atom. The molecule has 0 aliphatic carbocycles. The maximum absolute atomic E-state index is 5.57. The highest BCUT2D eigenvalue weighted by molar-refractivity contribution is 5.85. The van der Waals surface area contributed by atoms with E-state index in [9.17, 15) is 0 Å². The molecule has 6 heteroatoms. The lowest BCUT2D eigenvalue weighted by Gasteiger charge is -2.37. The largest absolute Gasteiger partial charge is 0.496 e. The van der Waals surface area contributed by atoms with Crippen LogP contribution in [0.4, 0.5) is 0 Å². The third kappa shape index (κ3) is 3.91. The van der Waals surface area contributed by atoms with Gasteiger partial charge in [-0.15, -0.1) is 12.4 Å². The average molecular weight is 351 g/mol. The van der Waals surface area contributed by atoms with Crippen molar-refractivity contribution in [2.75, 3.05) is 26.7 Å². The predicted molar refractivity (Wildman–Crippen MR) is 98.9 cm³/mol. The Morgan fingerprint density at radius 2 is 2.08 bits per heavy atom. The molecule has 5 nitrogen and oxygen atoms in total. The highest BCUT2D eigenvalue weighted by Gasteiger charge is 2.27. The van der Waals surface area contributed by atoms with E-state index in [1.54, 1.807) is 7.11 Å². The summed E-state index contributed by atoms with van der Waals surface area (Å²) in [4.78, 5) is 2.52. The third-order valence-corrected chi connectivity index (χ3v) is 4.46. The number of halogens is 1. The lowest BCUT2D eigenvalue weighted by atomic mass is 10.0. The van der Waals surface area contributed by atoms with Crippen LogP contribution in [-0.2, 0) is 6.54 Å². The van der Waals surface area contributed by atoms with Gasteiger partial charge in [-0.1, -0.05) is 18.2 Å². The summed E-state index contributed by atoms with van der Waals surface area (Å²) in [5.74, 6) is 0.962. The smallest absolute Gasteiger partial charge is 0.123 e. The highest BCUT2D eigenvalue weighted by Crippen LogP contribution is 2.31. The molecule has 1 atom stereocenters. The summed E-state index contributed by atoms with van der Waals surface area (Å²) in [5.41, 5.74) is 2.51. The first-order chi connectivity index (χ1) is 11.2. The molecule has 24 heavy (non-hydrogen) atoms. The summed E-state index contributed by atoms with van der Waals surface area (Å²) >= 11 is 0. The number of benzene rings is 1. The van der Waals surface area contributed by atoms with E-state index in [4.69, 9.17) is 4.74 Å². The van der Waals surface area contributed by atoms with Gasteiger partial charge in [0.25, 0.3) is 0 Å². The van der Waals surface area contributed by atoms with Crippen molar-refractivity contribution in [3.8, 4) is 5.75 Å². The van der Waals surface area contributed by atoms with E-state index < -0.39 is 0 Å². The maximum Gasteiger partial charge on any atom is 0.123 e. The molecule has 0 amide bonds. The minimum absolute atomic E-state index is 0. The second kappa shape index (κ2) is 8.51. The zero-order chi connectivity index (χ0) is 16.2. The maximum atomic E-state index is 5.57. The molecule has 132 valence electrons.